The molecule has 4 aromatic rings. The Morgan fingerprint density at radius 2 is 1.77 bits per heavy atom. The number of nitrogens with one attached hydrogen (secondary N) is 1. The molecule has 2 heterocycles. The van der Waals surface area contributed by atoms with E-state index in [1.165, 1.54) is 35.6 Å². The highest BCUT2D eigenvalue weighted by Gasteiger charge is 2.21. The van der Waals surface area contributed by atoms with E-state index >= 15 is 0 Å². The van der Waals surface area contributed by atoms with E-state index in [1.54, 1.807) is 37.3 Å². The van der Waals surface area contributed by atoms with Crippen molar-refractivity contribution in [1.82, 2.24) is 10.2 Å². The zero-order chi connectivity index (χ0) is 21.8. The Morgan fingerprint density at radius 1 is 1.03 bits per heavy atom. The third-order valence-corrected chi connectivity index (χ3v) is 6.49. The normalized spacial score (nSPS) is 12.3. The first-order valence-electron chi connectivity index (χ1n) is 9.18. The zero-order valence-corrected chi connectivity index (χ0v) is 17.9. The number of aromatic nitrogens is 2. The van der Waals surface area contributed by atoms with E-state index in [4.69, 9.17) is 9.15 Å². The second-order valence-corrected chi connectivity index (χ2v) is 9.10. The number of carbonyl (C=O) groups is 1. The van der Waals surface area contributed by atoms with Crippen molar-refractivity contribution in [3.8, 4) is 10.8 Å². The molecule has 0 spiro atoms. The number of hydrogen-bond donors (Lipinski definition) is 1. The summed E-state index contributed by atoms with van der Waals surface area (Å²) < 4.78 is 38.4. The molecule has 0 aliphatic rings. The number of rotatable bonds is 7. The standard InChI is InChI=1S/C21H17N3O5S2/c1-14(19-22-23-20(29-19)18-8-5-13-30-18)28-21(25)15-9-11-17(12-10-15)31(26,27)24-16-6-3-2-4-7-16/h2-14,24H,1H3. The van der Waals surface area contributed by atoms with Gasteiger partial charge in [-0.1, -0.05) is 24.3 Å². The van der Waals surface area contributed by atoms with Crippen LogP contribution in [0, 0.1) is 0 Å². The first kappa shape index (κ1) is 20.8. The molecular formula is C21H17N3O5S2. The summed E-state index contributed by atoms with van der Waals surface area (Å²) in [7, 11) is -3.78. The van der Waals surface area contributed by atoms with E-state index in [0.717, 1.165) is 4.88 Å². The maximum absolute atomic E-state index is 12.5. The Kier molecular flexibility index (Phi) is 5.83. The molecule has 1 atom stereocenters. The van der Waals surface area contributed by atoms with E-state index in [9.17, 15) is 13.2 Å². The lowest BCUT2D eigenvalue weighted by atomic mass is 10.2. The van der Waals surface area contributed by atoms with Crippen LogP contribution in [-0.4, -0.2) is 24.6 Å². The van der Waals surface area contributed by atoms with E-state index < -0.39 is 22.1 Å². The minimum absolute atomic E-state index is 0.0263. The van der Waals surface area contributed by atoms with Gasteiger partial charge in [-0.3, -0.25) is 4.72 Å². The SMILES string of the molecule is CC(OC(=O)c1ccc(S(=O)(=O)Nc2ccccc2)cc1)c1nnc(-c2cccs2)o1. The van der Waals surface area contributed by atoms with Gasteiger partial charge in [-0.25, -0.2) is 13.2 Å². The maximum Gasteiger partial charge on any atom is 0.338 e. The molecule has 0 aliphatic carbocycles. The van der Waals surface area contributed by atoms with Crippen molar-refractivity contribution in [2.45, 2.75) is 17.9 Å². The minimum atomic E-state index is -3.78. The summed E-state index contributed by atoms with van der Waals surface area (Å²) in [5.41, 5.74) is 0.643. The largest absolute Gasteiger partial charge is 0.449 e. The van der Waals surface area contributed by atoms with Crippen LogP contribution in [0.25, 0.3) is 10.8 Å². The van der Waals surface area contributed by atoms with Crippen LogP contribution in [0.5, 0.6) is 0 Å². The average molecular weight is 456 g/mol. The molecule has 0 saturated heterocycles. The van der Waals surface area contributed by atoms with Gasteiger partial charge in [-0.15, -0.1) is 21.5 Å². The number of ether oxygens (including phenoxy) is 1. The number of para-hydroxylation sites is 1. The van der Waals surface area contributed by atoms with Crippen LogP contribution in [-0.2, 0) is 14.8 Å². The highest BCUT2D eigenvalue weighted by atomic mass is 32.2. The summed E-state index contributed by atoms with van der Waals surface area (Å²) in [6.45, 7) is 1.62. The second kappa shape index (κ2) is 8.70. The molecule has 1 unspecified atom stereocenters. The van der Waals surface area contributed by atoms with Gasteiger partial charge < -0.3 is 9.15 Å². The summed E-state index contributed by atoms with van der Waals surface area (Å²) in [5, 5.41) is 9.78. The fourth-order valence-corrected chi connectivity index (χ4v) is 4.37. The predicted molar refractivity (Wildman–Crippen MR) is 115 cm³/mol. The average Bonchev–Trinajstić information content (AvgIpc) is 3.46. The molecule has 2 aromatic carbocycles. The summed E-state index contributed by atoms with van der Waals surface area (Å²) in [6, 6.07) is 17.7. The van der Waals surface area contributed by atoms with Gasteiger partial charge in [0, 0.05) is 5.69 Å². The fraction of sp³-hybridized carbons (Fsp3) is 0.0952. The van der Waals surface area contributed by atoms with Crippen LogP contribution in [0.4, 0.5) is 5.69 Å². The zero-order valence-electron chi connectivity index (χ0n) is 16.3. The van der Waals surface area contributed by atoms with Crippen LogP contribution in [0.15, 0.2) is 81.4 Å². The van der Waals surface area contributed by atoms with Crippen LogP contribution in [0.3, 0.4) is 0 Å². The van der Waals surface area contributed by atoms with Crippen molar-refractivity contribution in [3.05, 3.63) is 83.6 Å². The molecule has 0 saturated carbocycles. The van der Waals surface area contributed by atoms with E-state index in [0.29, 0.717) is 11.6 Å². The Morgan fingerprint density at radius 3 is 2.45 bits per heavy atom. The molecule has 31 heavy (non-hydrogen) atoms. The molecule has 1 N–H and O–H groups in total. The highest BCUT2D eigenvalue weighted by molar-refractivity contribution is 7.92. The minimum Gasteiger partial charge on any atom is -0.449 e. The predicted octanol–water partition coefficient (Wildman–Crippen LogP) is 4.52. The van der Waals surface area contributed by atoms with Crippen molar-refractivity contribution in [2.24, 2.45) is 0 Å². The molecule has 0 fully saturated rings. The van der Waals surface area contributed by atoms with Crippen molar-refractivity contribution < 1.29 is 22.4 Å². The van der Waals surface area contributed by atoms with E-state index in [2.05, 4.69) is 14.9 Å². The van der Waals surface area contributed by atoms with Crippen LogP contribution < -0.4 is 4.72 Å². The number of anilines is 1. The molecule has 10 heteroatoms. The van der Waals surface area contributed by atoms with Gasteiger partial charge in [0.2, 0.25) is 0 Å². The van der Waals surface area contributed by atoms with Gasteiger partial charge in [0.05, 0.1) is 15.3 Å². The second-order valence-electron chi connectivity index (χ2n) is 6.47. The maximum atomic E-state index is 12.5. The smallest absolute Gasteiger partial charge is 0.338 e. The van der Waals surface area contributed by atoms with Gasteiger partial charge in [0.1, 0.15) is 0 Å². The summed E-state index contributed by atoms with van der Waals surface area (Å²) >= 11 is 1.46. The number of sulfonamides is 1. The lowest BCUT2D eigenvalue weighted by molar-refractivity contribution is 0.0280. The third-order valence-electron chi connectivity index (χ3n) is 4.23. The molecular weight excluding hydrogens is 438 g/mol. The molecule has 0 amide bonds. The number of hydrogen-bond acceptors (Lipinski definition) is 8. The van der Waals surface area contributed by atoms with Crippen LogP contribution in [0.1, 0.15) is 29.3 Å². The van der Waals surface area contributed by atoms with Gasteiger partial charge in [0.25, 0.3) is 21.8 Å². The number of benzene rings is 2. The van der Waals surface area contributed by atoms with Gasteiger partial charge in [0.15, 0.2) is 6.10 Å². The Bertz CT molecular complexity index is 1270. The first-order valence-corrected chi connectivity index (χ1v) is 11.5. The number of thiophene rings is 1. The Balaban J connectivity index is 1.42. The lowest BCUT2D eigenvalue weighted by Gasteiger charge is -2.11. The van der Waals surface area contributed by atoms with Crippen molar-refractivity contribution >= 4 is 33.0 Å². The van der Waals surface area contributed by atoms with E-state index in [1.807, 2.05) is 17.5 Å². The molecule has 4 rings (SSSR count). The Hall–Kier alpha value is -3.50. The molecule has 2 aromatic heterocycles. The topological polar surface area (TPSA) is 111 Å². The van der Waals surface area contributed by atoms with Crippen molar-refractivity contribution in [3.63, 3.8) is 0 Å². The molecule has 0 aliphatic heterocycles. The summed E-state index contributed by atoms with van der Waals surface area (Å²) in [4.78, 5) is 13.3. The van der Waals surface area contributed by atoms with Gasteiger partial charge in [-0.2, -0.15) is 0 Å². The summed E-state index contributed by atoms with van der Waals surface area (Å²) in [6.07, 6.45) is -0.767. The van der Waals surface area contributed by atoms with E-state index in [-0.39, 0.29) is 16.3 Å². The molecule has 158 valence electrons. The van der Waals surface area contributed by atoms with Crippen molar-refractivity contribution in [2.75, 3.05) is 4.72 Å². The van der Waals surface area contributed by atoms with Crippen LogP contribution in [0.2, 0.25) is 0 Å². The summed E-state index contributed by atoms with van der Waals surface area (Å²) in [5.74, 6) is -0.111. The van der Waals surface area contributed by atoms with Crippen molar-refractivity contribution in [1.29, 1.82) is 0 Å². The van der Waals surface area contributed by atoms with Gasteiger partial charge >= 0.3 is 5.97 Å². The van der Waals surface area contributed by atoms with Crippen LogP contribution >= 0.6 is 11.3 Å². The fourth-order valence-electron chi connectivity index (χ4n) is 2.67. The highest BCUT2D eigenvalue weighted by Crippen LogP contribution is 2.26. The number of carbonyl (C=O) groups excluding carboxylic acids is 1. The first-order chi connectivity index (χ1) is 14.9. The third kappa shape index (κ3) is 4.81. The Labute approximate surface area is 182 Å². The lowest BCUT2D eigenvalue weighted by Crippen LogP contribution is -2.14. The molecule has 0 bridgehead atoms. The quantitative estimate of drug-likeness (QED) is 0.408. The van der Waals surface area contributed by atoms with Gasteiger partial charge in [-0.05, 0) is 54.8 Å². The number of nitrogens with zero attached hydrogens (tertiary/aromatic N) is 2. The number of esters is 1. The molecule has 0 radical (unpaired) electrons. The molecule has 8 nitrogen and oxygen atoms in total. The monoisotopic (exact) mass is 455 g/mol.